The van der Waals surface area contributed by atoms with Crippen molar-refractivity contribution < 1.29 is 18.0 Å². The average Bonchev–Trinajstić information content (AvgIpc) is 2.98. The monoisotopic (exact) mass is 363 g/mol. The van der Waals surface area contributed by atoms with Crippen molar-refractivity contribution in [3.63, 3.8) is 0 Å². The van der Waals surface area contributed by atoms with Gasteiger partial charge in [-0.05, 0) is 41.6 Å². The molecule has 0 atom stereocenters. The lowest BCUT2D eigenvalue weighted by atomic mass is 10.3. The molecule has 1 aromatic heterocycles. The Labute approximate surface area is 144 Å². The van der Waals surface area contributed by atoms with Crippen LogP contribution in [0.25, 0.3) is 5.69 Å². The Kier molecular flexibility index (Phi) is 4.57. The second-order valence-electron chi connectivity index (χ2n) is 5.13. The summed E-state index contributed by atoms with van der Waals surface area (Å²) < 4.78 is 42.3. The van der Waals surface area contributed by atoms with E-state index in [9.17, 15) is 22.8 Å². The number of para-hydroxylation sites is 2. The van der Waals surface area contributed by atoms with E-state index in [1.54, 1.807) is 6.92 Å². The maximum absolute atomic E-state index is 14.0. The molecule has 10 heteroatoms. The van der Waals surface area contributed by atoms with Crippen molar-refractivity contribution in [2.75, 3.05) is 11.4 Å². The highest BCUT2D eigenvalue weighted by Crippen LogP contribution is 2.19. The summed E-state index contributed by atoms with van der Waals surface area (Å²) in [5, 5.41) is 6.73. The Morgan fingerprint density at radius 1 is 1.00 bits per heavy atom. The lowest BCUT2D eigenvalue weighted by molar-refractivity contribution is 0.244. The van der Waals surface area contributed by atoms with E-state index in [-0.39, 0.29) is 12.2 Å². The Morgan fingerprint density at radius 2 is 1.62 bits per heavy atom. The van der Waals surface area contributed by atoms with Crippen LogP contribution >= 0.6 is 0 Å². The number of benzene rings is 2. The third-order valence-corrected chi connectivity index (χ3v) is 3.60. The first-order valence-electron chi connectivity index (χ1n) is 7.51. The largest absolute Gasteiger partial charge is 0.377 e. The Bertz CT molecular complexity index is 1010. The van der Waals surface area contributed by atoms with Crippen molar-refractivity contribution in [1.82, 2.24) is 19.8 Å². The fourth-order valence-electron chi connectivity index (χ4n) is 2.39. The summed E-state index contributed by atoms with van der Waals surface area (Å²) in [6, 6.07) is 7.44. The molecule has 0 radical (unpaired) electrons. The highest BCUT2D eigenvalue weighted by atomic mass is 19.1. The van der Waals surface area contributed by atoms with Gasteiger partial charge < -0.3 is 0 Å². The number of carbonyl (C=O) groups excluding carboxylic acids is 1. The fourth-order valence-corrected chi connectivity index (χ4v) is 2.39. The van der Waals surface area contributed by atoms with Gasteiger partial charge in [-0.2, -0.15) is 4.68 Å². The topological polar surface area (TPSA) is 73.0 Å². The van der Waals surface area contributed by atoms with Crippen molar-refractivity contribution in [3.8, 4) is 5.69 Å². The molecule has 0 bridgehead atoms. The van der Waals surface area contributed by atoms with E-state index < -0.39 is 34.9 Å². The molecule has 0 fully saturated rings. The van der Waals surface area contributed by atoms with Crippen LogP contribution in [-0.4, -0.2) is 32.4 Å². The summed E-state index contributed by atoms with van der Waals surface area (Å²) in [4.78, 5) is 25.9. The minimum absolute atomic E-state index is 0.0210. The van der Waals surface area contributed by atoms with Gasteiger partial charge in [-0.3, -0.25) is 4.90 Å². The molecule has 0 unspecified atom stereocenters. The van der Waals surface area contributed by atoms with Gasteiger partial charge in [0.05, 0.1) is 5.69 Å². The van der Waals surface area contributed by atoms with Gasteiger partial charge in [-0.25, -0.2) is 22.8 Å². The van der Waals surface area contributed by atoms with Crippen molar-refractivity contribution in [3.05, 3.63) is 70.4 Å². The summed E-state index contributed by atoms with van der Waals surface area (Å²) in [5.74, 6) is -2.77. The zero-order valence-electron chi connectivity index (χ0n) is 13.4. The number of carbonyl (C=O) groups is 1. The molecule has 0 N–H and O–H groups in total. The number of amides is 1. The van der Waals surface area contributed by atoms with Crippen LogP contribution in [0.5, 0.6) is 0 Å². The third kappa shape index (κ3) is 2.85. The number of rotatable bonds is 3. The van der Waals surface area contributed by atoms with Gasteiger partial charge in [-0.15, -0.1) is 4.68 Å². The van der Waals surface area contributed by atoms with Gasteiger partial charge in [0.2, 0.25) is 0 Å². The van der Waals surface area contributed by atoms with Crippen LogP contribution in [0.3, 0.4) is 0 Å². The predicted octanol–water partition coefficient (Wildman–Crippen LogP) is 2.34. The van der Waals surface area contributed by atoms with Crippen LogP contribution in [0.2, 0.25) is 0 Å². The van der Waals surface area contributed by atoms with E-state index in [4.69, 9.17) is 0 Å². The molecule has 0 aliphatic carbocycles. The minimum Gasteiger partial charge on any atom is -0.290 e. The summed E-state index contributed by atoms with van der Waals surface area (Å²) >= 11 is 0. The molecular formula is C16H12F3N5O2. The first-order valence-corrected chi connectivity index (χ1v) is 7.51. The van der Waals surface area contributed by atoms with Gasteiger partial charge in [0.15, 0.2) is 11.6 Å². The zero-order chi connectivity index (χ0) is 18.8. The minimum atomic E-state index is -1.19. The number of hydrogen-bond acceptors (Lipinski definition) is 4. The van der Waals surface area contributed by atoms with Gasteiger partial charge in [0.25, 0.3) is 0 Å². The Balaban J connectivity index is 2.06. The molecule has 26 heavy (non-hydrogen) atoms. The molecule has 0 aliphatic rings. The molecule has 0 saturated heterocycles. The molecule has 1 heterocycles. The molecule has 0 spiro atoms. The number of tetrazole rings is 1. The molecule has 1 amide bonds. The maximum atomic E-state index is 14.0. The van der Waals surface area contributed by atoms with E-state index >= 15 is 0 Å². The van der Waals surface area contributed by atoms with Crippen LogP contribution in [-0.2, 0) is 0 Å². The van der Waals surface area contributed by atoms with Gasteiger partial charge in [0.1, 0.15) is 11.5 Å². The lowest BCUT2D eigenvalue weighted by Gasteiger charge is -2.19. The van der Waals surface area contributed by atoms with E-state index in [0.29, 0.717) is 9.36 Å². The molecule has 3 rings (SSSR count). The highest BCUT2D eigenvalue weighted by Gasteiger charge is 2.25. The molecular weight excluding hydrogens is 351 g/mol. The summed E-state index contributed by atoms with van der Waals surface area (Å²) in [7, 11) is 0. The van der Waals surface area contributed by atoms with E-state index in [1.807, 2.05) is 0 Å². The van der Waals surface area contributed by atoms with Crippen molar-refractivity contribution in [2.24, 2.45) is 0 Å². The molecule has 0 saturated carbocycles. The average molecular weight is 363 g/mol. The number of aromatic nitrogens is 4. The summed E-state index contributed by atoms with van der Waals surface area (Å²) in [5.41, 5.74) is -2.02. The number of nitrogens with zero attached hydrogens (tertiary/aromatic N) is 5. The van der Waals surface area contributed by atoms with Gasteiger partial charge in [-0.1, -0.05) is 18.2 Å². The molecule has 3 aromatic rings. The Hall–Kier alpha value is -3.43. The third-order valence-electron chi connectivity index (χ3n) is 3.60. The fraction of sp³-hybridized carbons (Fsp3) is 0.125. The van der Waals surface area contributed by atoms with E-state index in [2.05, 4.69) is 10.4 Å². The molecule has 2 aromatic carbocycles. The number of halogens is 3. The highest BCUT2D eigenvalue weighted by molar-refractivity contribution is 5.92. The quantitative estimate of drug-likeness (QED) is 0.670. The van der Waals surface area contributed by atoms with Crippen LogP contribution in [0.4, 0.5) is 23.7 Å². The summed E-state index contributed by atoms with van der Waals surface area (Å²) in [6.07, 6.45) is 0. The second kappa shape index (κ2) is 6.82. The molecule has 0 aliphatic heterocycles. The Morgan fingerprint density at radius 3 is 2.23 bits per heavy atom. The van der Waals surface area contributed by atoms with E-state index in [0.717, 1.165) is 29.2 Å². The van der Waals surface area contributed by atoms with Crippen LogP contribution in [0, 0.1) is 17.5 Å². The van der Waals surface area contributed by atoms with Crippen molar-refractivity contribution >= 4 is 11.7 Å². The first kappa shape index (κ1) is 17.4. The summed E-state index contributed by atoms with van der Waals surface area (Å²) in [6.45, 7) is 1.59. The normalized spacial score (nSPS) is 10.8. The van der Waals surface area contributed by atoms with Gasteiger partial charge >= 0.3 is 11.7 Å². The van der Waals surface area contributed by atoms with Crippen LogP contribution in [0.15, 0.2) is 47.3 Å². The molecule has 134 valence electrons. The molecule has 7 nitrogen and oxygen atoms in total. The maximum Gasteiger partial charge on any atom is 0.377 e. The van der Waals surface area contributed by atoms with Gasteiger partial charge in [0, 0.05) is 6.54 Å². The SMILES string of the molecule is CCN(C(=O)n1nnn(-c2c(F)cccc2F)c1=O)c1ccccc1F. The van der Waals surface area contributed by atoms with E-state index in [1.165, 1.54) is 18.2 Å². The first-order chi connectivity index (χ1) is 12.5. The second-order valence-corrected chi connectivity index (χ2v) is 5.13. The smallest absolute Gasteiger partial charge is 0.290 e. The predicted molar refractivity (Wildman–Crippen MR) is 85.7 cm³/mol. The van der Waals surface area contributed by atoms with Crippen molar-refractivity contribution in [2.45, 2.75) is 6.92 Å². The lowest BCUT2D eigenvalue weighted by Crippen LogP contribution is -2.41. The van der Waals surface area contributed by atoms with Crippen LogP contribution < -0.4 is 10.6 Å². The van der Waals surface area contributed by atoms with Crippen LogP contribution in [0.1, 0.15) is 6.92 Å². The zero-order valence-corrected chi connectivity index (χ0v) is 13.4. The number of anilines is 1. The van der Waals surface area contributed by atoms with Crippen molar-refractivity contribution in [1.29, 1.82) is 0 Å². The standard InChI is InChI=1S/C16H12F3N5O2/c1-2-22(13-9-4-3-6-10(13)17)15(25)24-16(26)23(20-21-24)14-11(18)7-5-8-12(14)19/h3-9H,2H2,1H3. The number of hydrogen-bond donors (Lipinski definition) is 0.